The molecule has 0 aliphatic carbocycles. The number of nitrogens with one attached hydrogen (secondary N) is 1. The van der Waals surface area contributed by atoms with E-state index in [1.165, 1.54) is 0 Å². The summed E-state index contributed by atoms with van der Waals surface area (Å²) in [5, 5.41) is 17.9. The Bertz CT molecular complexity index is 689. The highest BCUT2D eigenvalue weighted by Crippen LogP contribution is 2.25. The van der Waals surface area contributed by atoms with Crippen LogP contribution in [0.2, 0.25) is 5.15 Å². The minimum Gasteiger partial charge on any atom is -0.388 e. The summed E-state index contributed by atoms with van der Waals surface area (Å²) in [5.41, 5.74) is 2.26. The molecule has 8 heteroatoms. The zero-order valence-corrected chi connectivity index (χ0v) is 15.5. The van der Waals surface area contributed by atoms with Crippen LogP contribution in [-0.2, 0) is 9.47 Å². The highest BCUT2D eigenvalue weighted by molar-refractivity contribution is 6.29. The predicted octanol–water partition coefficient (Wildman–Crippen LogP) is 2.64. The minimum absolute atomic E-state index is 0.298. The quantitative estimate of drug-likeness (QED) is 0.876. The number of nitrogens with zero attached hydrogens (tertiary/aromatic N) is 3. The van der Waals surface area contributed by atoms with Gasteiger partial charge >= 0.3 is 0 Å². The number of imidazole rings is 1. The smallest absolute Gasteiger partial charge is 0.177 e. The van der Waals surface area contributed by atoms with Crippen LogP contribution in [0.15, 0.2) is 12.3 Å². The molecule has 134 valence electrons. The fraction of sp³-hybridized carbons (Fsp3) is 0.625. The Labute approximate surface area is 146 Å². The molecule has 7 nitrogen and oxygen atoms in total. The standard InChI is InChI=1S/C14H19ClN4O3.C2H6/c1-8-5-17-13-9(4-12(15)18-19(8)13)16-6-10(20)11-7-21-14(2,3)22-11;1-2/h4-5,10-11,16,20H,6-7H2,1-3H3;1-2H3/t10?,11-;/m1./s1. The van der Waals surface area contributed by atoms with Crippen LogP contribution >= 0.6 is 11.6 Å². The molecule has 1 aliphatic rings. The number of anilines is 1. The molecule has 0 amide bonds. The number of aliphatic hydroxyl groups is 1. The summed E-state index contributed by atoms with van der Waals surface area (Å²) in [4.78, 5) is 4.30. The highest BCUT2D eigenvalue weighted by Gasteiger charge is 2.36. The molecular weight excluding hydrogens is 332 g/mol. The number of hydrogen-bond acceptors (Lipinski definition) is 6. The number of rotatable bonds is 4. The van der Waals surface area contributed by atoms with Crippen molar-refractivity contribution in [2.45, 2.75) is 52.6 Å². The highest BCUT2D eigenvalue weighted by atomic mass is 35.5. The third-order valence-electron chi connectivity index (χ3n) is 3.57. The Balaban J connectivity index is 0.00000100. The summed E-state index contributed by atoms with van der Waals surface area (Å²) in [5.74, 6) is -0.654. The molecule has 3 heterocycles. The first-order chi connectivity index (χ1) is 11.4. The molecule has 24 heavy (non-hydrogen) atoms. The van der Waals surface area contributed by atoms with E-state index in [4.69, 9.17) is 21.1 Å². The predicted molar refractivity (Wildman–Crippen MR) is 93.5 cm³/mol. The van der Waals surface area contributed by atoms with Gasteiger partial charge in [-0.25, -0.2) is 9.50 Å². The summed E-state index contributed by atoms with van der Waals surface area (Å²) in [6, 6.07) is 1.69. The zero-order chi connectivity index (χ0) is 17.9. The number of halogens is 1. The zero-order valence-electron chi connectivity index (χ0n) is 14.7. The van der Waals surface area contributed by atoms with Gasteiger partial charge in [0.2, 0.25) is 0 Å². The van der Waals surface area contributed by atoms with Crippen LogP contribution in [0.25, 0.3) is 5.65 Å². The molecule has 0 aromatic carbocycles. The lowest BCUT2D eigenvalue weighted by molar-refractivity contribution is -0.149. The van der Waals surface area contributed by atoms with Crippen LogP contribution in [0.3, 0.4) is 0 Å². The van der Waals surface area contributed by atoms with Gasteiger partial charge < -0.3 is 19.9 Å². The maximum Gasteiger partial charge on any atom is 0.177 e. The molecule has 1 unspecified atom stereocenters. The molecule has 0 saturated carbocycles. The molecular formula is C16H25ClN4O3. The number of hydrogen-bond donors (Lipinski definition) is 2. The molecule has 1 fully saturated rings. The van der Waals surface area contributed by atoms with Crippen molar-refractivity contribution in [3.63, 3.8) is 0 Å². The maximum absolute atomic E-state index is 10.2. The fourth-order valence-electron chi connectivity index (χ4n) is 2.43. The van der Waals surface area contributed by atoms with Crippen LogP contribution in [0.4, 0.5) is 5.69 Å². The molecule has 1 aliphatic heterocycles. The number of aromatic nitrogens is 3. The van der Waals surface area contributed by atoms with Crippen LogP contribution in [0.5, 0.6) is 0 Å². The van der Waals surface area contributed by atoms with E-state index in [0.29, 0.717) is 29.6 Å². The SMILES string of the molecule is CC.Cc1cnc2c(NCC(O)[C@H]3COC(C)(C)O3)cc(Cl)nn12. The Hall–Kier alpha value is -1.41. The van der Waals surface area contributed by atoms with Crippen molar-refractivity contribution in [3.8, 4) is 0 Å². The van der Waals surface area contributed by atoms with Gasteiger partial charge in [-0.2, -0.15) is 5.10 Å². The van der Waals surface area contributed by atoms with Crippen molar-refractivity contribution in [2.24, 2.45) is 0 Å². The van der Waals surface area contributed by atoms with E-state index < -0.39 is 11.9 Å². The molecule has 1 saturated heterocycles. The molecule has 0 spiro atoms. The van der Waals surface area contributed by atoms with Crippen LogP contribution < -0.4 is 5.32 Å². The summed E-state index contributed by atoms with van der Waals surface area (Å²) >= 11 is 6.03. The van der Waals surface area contributed by atoms with E-state index in [0.717, 1.165) is 5.69 Å². The van der Waals surface area contributed by atoms with Crippen LogP contribution in [-0.4, -0.2) is 50.9 Å². The second-order valence-electron chi connectivity index (χ2n) is 5.83. The molecule has 3 rings (SSSR count). The Morgan fingerprint density at radius 1 is 1.50 bits per heavy atom. The normalized spacial score (nSPS) is 20.5. The van der Waals surface area contributed by atoms with E-state index in [1.807, 2.05) is 34.6 Å². The van der Waals surface area contributed by atoms with Crippen molar-refractivity contribution in [1.82, 2.24) is 14.6 Å². The van der Waals surface area contributed by atoms with Gasteiger partial charge in [-0.05, 0) is 20.8 Å². The largest absolute Gasteiger partial charge is 0.388 e. The van der Waals surface area contributed by atoms with Gasteiger partial charge in [0.05, 0.1) is 30.3 Å². The first-order valence-corrected chi connectivity index (χ1v) is 8.48. The van der Waals surface area contributed by atoms with E-state index in [1.54, 1.807) is 16.8 Å². The summed E-state index contributed by atoms with van der Waals surface area (Å²) in [6.07, 6.45) is 0.651. The lowest BCUT2D eigenvalue weighted by Gasteiger charge is -2.21. The second-order valence-corrected chi connectivity index (χ2v) is 6.22. The van der Waals surface area contributed by atoms with E-state index >= 15 is 0 Å². The molecule has 0 bridgehead atoms. The van der Waals surface area contributed by atoms with E-state index in [9.17, 15) is 5.11 Å². The number of aliphatic hydroxyl groups excluding tert-OH is 1. The topological polar surface area (TPSA) is 80.9 Å². The van der Waals surface area contributed by atoms with Gasteiger partial charge in [-0.1, -0.05) is 25.4 Å². The van der Waals surface area contributed by atoms with Gasteiger partial charge in [0.15, 0.2) is 16.6 Å². The van der Waals surface area contributed by atoms with Gasteiger partial charge in [0.25, 0.3) is 0 Å². The monoisotopic (exact) mass is 356 g/mol. The second kappa shape index (κ2) is 7.65. The first-order valence-electron chi connectivity index (χ1n) is 8.10. The van der Waals surface area contributed by atoms with E-state index in [2.05, 4.69) is 15.4 Å². The Kier molecular flexibility index (Phi) is 6.03. The molecule has 2 aromatic rings. The average molecular weight is 357 g/mol. The van der Waals surface area contributed by atoms with Crippen molar-refractivity contribution in [2.75, 3.05) is 18.5 Å². The number of ether oxygens (including phenoxy) is 2. The molecule has 2 N–H and O–H groups in total. The molecule has 0 radical (unpaired) electrons. The lowest BCUT2D eigenvalue weighted by atomic mass is 10.2. The molecule has 2 aromatic heterocycles. The van der Waals surface area contributed by atoms with Crippen molar-refractivity contribution in [1.29, 1.82) is 0 Å². The van der Waals surface area contributed by atoms with Crippen LogP contribution in [0, 0.1) is 6.92 Å². The van der Waals surface area contributed by atoms with Gasteiger partial charge in [-0.15, -0.1) is 0 Å². The Morgan fingerprint density at radius 3 is 2.83 bits per heavy atom. The van der Waals surface area contributed by atoms with E-state index in [-0.39, 0.29) is 6.10 Å². The number of fused-ring (bicyclic) bond motifs is 1. The van der Waals surface area contributed by atoms with Crippen LogP contribution in [0.1, 0.15) is 33.4 Å². The van der Waals surface area contributed by atoms with Gasteiger partial charge in [0, 0.05) is 12.6 Å². The average Bonchev–Trinajstić information content (AvgIpc) is 3.10. The third kappa shape index (κ3) is 4.16. The number of aryl methyl sites for hydroxylation is 1. The Morgan fingerprint density at radius 2 is 2.21 bits per heavy atom. The summed E-state index contributed by atoms with van der Waals surface area (Å²) in [6.45, 7) is 10.2. The lowest BCUT2D eigenvalue weighted by Crippen LogP contribution is -2.35. The third-order valence-corrected chi connectivity index (χ3v) is 3.75. The maximum atomic E-state index is 10.2. The van der Waals surface area contributed by atoms with Crippen molar-refractivity contribution >= 4 is 22.9 Å². The van der Waals surface area contributed by atoms with Crippen molar-refractivity contribution in [3.05, 3.63) is 23.1 Å². The molecule has 2 atom stereocenters. The first kappa shape index (κ1) is 18.9. The summed E-state index contributed by atoms with van der Waals surface area (Å²) in [7, 11) is 0. The fourth-order valence-corrected chi connectivity index (χ4v) is 2.61. The van der Waals surface area contributed by atoms with Crippen molar-refractivity contribution < 1.29 is 14.6 Å². The summed E-state index contributed by atoms with van der Waals surface area (Å²) < 4.78 is 12.8. The van der Waals surface area contributed by atoms with Gasteiger partial charge in [-0.3, -0.25) is 0 Å². The minimum atomic E-state index is -0.704. The van der Waals surface area contributed by atoms with Gasteiger partial charge in [0.1, 0.15) is 6.10 Å².